The van der Waals surface area contributed by atoms with Gasteiger partial charge in [0.05, 0.1) is 12.5 Å². The maximum atomic E-state index is 12.8. The average molecular weight is 360 g/mol. The maximum Gasteiger partial charge on any atom is 0.247 e. The molecule has 26 heavy (non-hydrogen) atoms. The second-order valence-corrected chi connectivity index (χ2v) is 7.51. The van der Waals surface area contributed by atoms with Crippen LogP contribution in [0.4, 0.5) is 0 Å². The summed E-state index contributed by atoms with van der Waals surface area (Å²) in [6, 6.07) is 8.05. The summed E-state index contributed by atoms with van der Waals surface area (Å²) in [5.74, 6) is 0.284. The molecule has 2 fully saturated rings. The third kappa shape index (κ3) is 4.36. The highest BCUT2D eigenvalue weighted by atomic mass is 16.5. The Balaban J connectivity index is 1.46. The van der Waals surface area contributed by atoms with Crippen LogP contribution in [-0.4, -0.2) is 41.6 Å². The Kier molecular flexibility index (Phi) is 6.14. The normalized spacial score (nSPS) is 23.7. The van der Waals surface area contributed by atoms with Gasteiger partial charge < -0.3 is 9.64 Å². The Hall–Kier alpha value is -2.08. The monoisotopic (exact) mass is 360 g/mol. The standard InChI is InChI=1S/C20H28N2O4/c1-14-5-7-16(8-6-14)26-13-15-9-11-22(12-10-15)20(24)18-4-2-3-17(18)19(23)21-25/h5-8,15,17-18,25H,2-4,9-13H2,1H3,(H,21,23)/t17-,18-/m1/s1. The fraction of sp³-hybridized carbons (Fsp3) is 0.600. The topological polar surface area (TPSA) is 78.9 Å². The predicted octanol–water partition coefficient (Wildman–Crippen LogP) is 2.53. The first-order valence-corrected chi connectivity index (χ1v) is 9.50. The molecule has 142 valence electrons. The molecule has 2 aliphatic rings. The van der Waals surface area contributed by atoms with E-state index in [2.05, 4.69) is 6.92 Å². The molecule has 1 saturated carbocycles. The number of rotatable bonds is 5. The van der Waals surface area contributed by atoms with Crippen molar-refractivity contribution in [1.82, 2.24) is 10.4 Å². The zero-order valence-corrected chi connectivity index (χ0v) is 15.3. The van der Waals surface area contributed by atoms with Gasteiger partial charge in [0.1, 0.15) is 5.75 Å². The van der Waals surface area contributed by atoms with Gasteiger partial charge in [0, 0.05) is 19.0 Å². The molecule has 1 aliphatic heterocycles. The molecule has 3 rings (SSSR count). The Morgan fingerprint density at radius 1 is 1.12 bits per heavy atom. The maximum absolute atomic E-state index is 12.8. The van der Waals surface area contributed by atoms with Crippen molar-refractivity contribution in [3.8, 4) is 5.75 Å². The first-order valence-electron chi connectivity index (χ1n) is 9.50. The Bertz CT molecular complexity index is 623. The summed E-state index contributed by atoms with van der Waals surface area (Å²) >= 11 is 0. The number of carbonyl (C=O) groups is 2. The van der Waals surface area contributed by atoms with E-state index in [1.807, 2.05) is 29.2 Å². The molecule has 0 spiro atoms. The molecule has 0 aromatic heterocycles. The minimum absolute atomic E-state index is 0.0639. The number of nitrogens with one attached hydrogen (secondary N) is 1. The van der Waals surface area contributed by atoms with Gasteiger partial charge in [0.2, 0.25) is 11.8 Å². The molecule has 2 amide bonds. The molecule has 1 saturated heterocycles. The van der Waals surface area contributed by atoms with Gasteiger partial charge in [0.25, 0.3) is 0 Å². The van der Waals surface area contributed by atoms with E-state index in [-0.39, 0.29) is 11.8 Å². The van der Waals surface area contributed by atoms with Gasteiger partial charge in [-0.2, -0.15) is 0 Å². The number of aryl methyl sites for hydroxylation is 1. The number of piperidine rings is 1. The number of nitrogens with zero attached hydrogens (tertiary/aromatic N) is 1. The average Bonchev–Trinajstić information content (AvgIpc) is 3.16. The van der Waals surface area contributed by atoms with E-state index in [1.165, 1.54) is 5.56 Å². The smallest absolute Gasteiger partial charge is 0.247 e. The summed E-state index contributed by atoms with van der Waals surface area (Å²) in [7, 11) is 0. The molecule has 1 heterocycles. The largest absolute Gasteiger partial charge is 0.493 e. The highest BCUT2D eigenvalue weighted by Crippen LogP contribution is 2.34. The van der Waals surface area contributed by atoms with E-state index in [1.54, 1.807) is 5.48 Å². The van der Waals surface area contributed by atoms with Crippen LogP contribution in [0.2, 0.25) is 0 Å². The van der Waals surface area contributed by atoms with Crippen molar-refractivity contribution < 1.29 is 19.5 Å². The molecular formula is C20H28N2O4. The number of hydrogen-bond acceptors (Lipinski definition) is 4. The molecule has 6 nitrogen and oxygen atoms in total. The quantitative estimate of drug-likeness (QED) is 0.625. The molecule has 2 atom stereocenters. The molecule has 0 unspecified atom stereocenters. The lowest BCUT2D eigenvalue weighted by molar-refractivity contribution is -0.144. The summed E-state index contributed by atoms with van der Waals surface area (Å²) in [6.07, 6.45) is 4.09. The van der Waals surface area contributed by atoms with E-state index in [4.69, 9.17) is 9.94 Å². The molecule has 2 N–H and O–H groups in total. The van der Waals surface area contributed by atoms with Crippen LogP contribution in [0.15, 0.2) is 24.3 Å². The summed E-state index contributed by atoms with van der Waals surface area (Å²) in [6.45, 7) is 4.15. The number of hydroxylamine groups is 1. The van der Waals surface area contributed by atoms with Crippen LogP contribution in [0.5, 0.6) is 5.75 Å². The molecule has 0 bridgehead atoms. The van der Waals surface area contributed by atoms with Gasteiger partial charge in [-0.05, 0) is 50.7 Å². The van der Waals surface area contributed by atoms with Crippen molar-refractivity contribution in [2.75, 3.05) is 19.7 Å². The zero-order chi connectivity index (χ0) is 18.5. The first kappa shape index (κ1) is 18.7. The van der Waals surface area contributed by atoms with Crippen LogP contribution in [0.3, 0.4) is 0 Å². The third-order valence-corrected chi connectivity index (χ3v) is 5.71. The first-order chi connectivity index (χ1) is 12.6. The van der Waals surface area contributed by atoms with Gasteiger partial charge in [-0.1, -0.05) is 24.1 Å². The van der Waals surface area contributed by atoms with Crippen LogP contribution in [-0.2, 0) is 9.59 Å². The number of benzene rings is 1. The predicted molar refractivity (Wildman–Crippen MR) is 96.7 cm³/mol. The van der Waals surface area contributed by atoms with E-state index in [9.17, 15) is 9.59 Å². The Morgan fingerprint density at radius 2 is 1.77 bits per heavy atom. The summed E-state index contributed by atoms with van der Waals surface area (Å²) in [5.41, 5.74) is 2.92. The number of carbonyl (C=O) groups excluding carboxylic acids is 2. The van der Waals surface area contributed by atoms with Gasteiger partial charge in [-0.15, -0.1) is 0 Å². The minimum Gasteiger partial charge on any atom is -0.493 e. The van der Waals surface area contributed by atoms with Crippen molar-refractivity contribution in [1.29, 1.82) is 0 Å². The van der Waals surface area contributed by atoms with Crippen LogP contribution in [0.1, 0.15) is 37.7 Å². The fourth-order valence-electron chi connectivity index (χ4n) is 4.06. The molecule has 0 radical (unpaired) electrons. The third-order valence-electron chi connectivity index (χ3n) is 5.71. The van der Waals surface area contributed by atoms with E-state index in [0.29, 0.717) is 32.0 Å². The second-order valence-electron chi connectivity index (χ2n) is 7.51. The van der Waals surface area contributed by atoms with Gasteiger partial charge in [0.15, 0.2) is 0 Å². The van der Waals surface area contributed by atoms with Crippen LogP contribution < -0.4 is 10.2 Å². The van der Waals surface area contributed by atoms with Crippen LogP contribution in [0.25, 0.3) is 0 Å². The number of ether oxygens (including phenoxy) is 1. The number of hydrogen-bond donors (Lipinski definition) is 2. The van der Waals surface area contributed by atoms with Crippen molar-refractivity contribution in [2.24, 2.45) is 17.8 Å². The summed E-state index contributed by atoms with van der Waals surface area (Å²) in [4.78, 5) is 26.4. The zero-order valence-electron chi connectivity index (χ0n) is 15.3. The molecular weight excluding hydrogens is 332 g/mol. The number of amides is 2. The molecule has 1 aromatic carbocycles. The van der Waals surface area contributed by atoms with E-state index >= 15 is 0 Å². The fourth-order valence-corrected chi connectivity index (χ4v) is 4.06. The van der Waals surface area contributed by atoms with E-state index < -0.39 is 11.8 Å². The molecule has 1 aliphatic carbocycles. The van der Waals surface area contributed by atoms with Crippen molar-refractivity contribution in [3.05, 3.63) is 29.8 Å². The molecule has 1 aromatic rings. The second kappa shape index (κ2) is 8.54. The van der Waals surface area contributed by atoms with Crippen molar-refractivity contribution in [3.63, 3.8) is 0 Å². The Labute approximate surface area is 154 Å². The Morgan fingerprint density at radius 3 is 2.42 bits per heavy atom. The van der Waals surface area contributed by atoms with Gasteiger partial charge in [-0.25, -0.2) is 5.48 Å². The minimum atomic E-state index is -0.428. The van der Waals surface area contributed by atoms with Crippen molar-refractivity contribution >= 4 is 11.8 Å². The number of likely N-dealkylation sites (tertiary alicyclic amines) is 1. The molecule has 6 heteroatoms. The van der Waals surface area contributed by atoms with Crippen LogP contribution >= 0.6 is 0 Å². The van der Waals surface area contributed by atoms with Crippen LogP contribution in [0, 0.1) is 24.7 Å². The lowest BCUT2D eigenvalue weighted by Crippen LogP contribution is -2.45. The highest BCUT2D eigenvalue weighted by Gasteiger charge is 2.40. The van der Waals surface area contributed by atoms with E-state index in [0.717, 1.165) is 31.4 Å². The summed E-state index contributed by atoms with van der Waals surface area (Å²) < 4.78 is 5.87. The lowest BCUT2D eigenvalue weighted by atomic mass is 9.91. The lowest BCUT2D eigenvalue weighted by Gasteiger charge is -2.34. The SMILES string of the molecule is Cc1ccc(OCC2CCN(C(=O)[C@@H]3CCC[C@H]3C(=O)NO)CC2)cc1. The van der Waals surface area contributed by atoms with Gasteiger partial charge in [-0.3, -0.25) is 14.8 Å². The van der Waals surface area contributed by atoms with Crippen molar-refractivity contribution in [2.45, 2.75) is 39.0 Å². The van der Waals surface area contributed by atoms with Gasteiger partial charge >= 0.3 is 0 Å². The summed E-state index contributed by atoms with van der Waals surface area (Å²) in [5, 5.41) is 8.87. The highest BCUT2D eigenvalue weighted by molar-refractivity contribution is 5.87.